The third-order valence-corrected chi connectivity index (χ3v) is 2.59. The molecule has 1 atom stereocenters. The van der Waals surface area contributed by atoms with E-state index in [2.05, 4.69) is 4.74 Å². The molecule has 6 heteroatoms. The Morgan fingerprint density at radius 3 is 2.28 bits per heavy atom. The van der Waals surface area contributed by atoms with Crippen LogP contribution < -0.4 is 0 Å². The Morgan fingerprint density at radius 2 is 1.83 bits per heavy atom. The van der Waals surface area contributed by atoms with E-state index in [9.17, 15) is 14.4 Å². The third kappa shape index (κ3) is 3.56. The lowest BCUT2D eigenvalue weighted by molar-refractivity contribution is -0.156. The van der Waals surface area contributed by atoms with Gasteiger partial charge in [0.1, 0.15) is 0 Å². The first-order chi connectivity index (χ1) is 8.45. The molecular weight excluding hydrogens is 260 g/mol. The van der Waals surface area contributed by atoms with Crippen LogP contribution in [-0.2, 0) is 14.3 Å². The van der Waals surface area contributed by atoms with E-state index in [1.54, 1.807) is 0 Å². The van der Waals surface area contributed by atoms with Crippen molar-refractivity contribution in [3.8, 4) is 0 Å². The summed E-state index contributed by atoms with van der Waals surface area (Å²) >= 11 is 5.67. The van der Waals surface area contributed by atoms with Crippen LogP contribution in [0.3, 0.4) is 0 Å². The normalized spacial score (nSPS) is 11.7. The Kier molecular flexibility index (Phi) is 4.85. The van der Waals surface area contributed by atoms with E-state index in [0.29, 0.717) is 10.6 Å². The number of halogens is 1. The number of rotatable bonds is 5. The SMILES string of the molecule is COC(=O)C(CC(=O)c1ccc(Cl)cc1)C(=O)O. The van der Waals surface area contributed by atoms with Crippen LogP contribution in [0, 0.1) is 5.92 Å². The summed E-state index contributed by atoms with van der Waals surface area (Å²) in [5.74, 6) is -4.27. The lowest BCUT2D eigenvalue weighted by Gasteiger charge is -2.09. The van der Waals surface area contributed by atoms with Crippen molar-refractivity contribution >= 4 is 29.3 Å². The van der Waals surface area contributed by atoms with Crippen LogP contribution >= 0.6 is 11.6 Å². The van der Waals surface area contributed by atoms with Gasteiger partial charge in [0.05, 0.1) is 7.11 Å². The molecule has 0 amide bonds. The molecule has 0 aliphatic rings. The first-order valence-electron chi connectivity index (χ1n) is 5.05. The number of carboxylic acids is 1. The summed E-state index contributed by atoms with van der Waals surface area (Å²) in [4.78, 5) is 33.8. The maximum absolute atomic E-state index is 11.8. The van der Waals surface area contributed by atoms with Crippen LogP contribution in [-0.4, -0.2) is 29.9 Å². The smallest absolute Gasteiger partial charge is 0.320 e. The Hall–Kier alpha value is -1.88. The molecule has 1 aromatic rings. The molecule has 1 rings (SSSR count). The van der Waals surface area contributed by atoms with Gasteiger partial charge in [0.2, 0.25) is 0 Å². The van der Waals surface area contributed by atoms with Crippen molar-refractivity contribution < 1.29 is 24.2 Å². The van der Waals surface area contributed by atoms with E-state index in [1.807, 2.05) is 0 Å². The van der Waals surface area contributed by atoms with Crippen molar-refractivity contribution in [2.75, 3.05) is 7.11 Å². The molecule has 0 aliphatic heterocycles. The van der Waals surface area contributed by atoms with Crippen LogP contribution in [0.1, 0.15) is 16.8 Å². The second-order valence-corrected chi connectivity index (χ2v) is 3.98. The van der Waals surface area contributed by atoms with Gasteiger partial charge in [-0.15, -0.1) is 0 Å². The molecule has 0 saturated carbocycles. The van der Waals surface area contributed by atoms with Crippen molar-refractivity contribution in [2.45, 2.75) is 6.42 Å². The second-order valence-electron chi connectivity index (χ2n) is 3.55. The number of carboxylic acid groups (broad SMARTS) is 1. The van der Waals surface area contributed by atoms with E-state index >= 15 is 0 Å². The van der Waals surface area contributed by atoms with Crippen LogP contribution in [0.25, 0.3) is 0 Å². The van der Waals surface area contributed by atoms with E-state index < -0.39 is 30.1 Å². The highest BCUT2D eigenvalue weighted by Gasteiger charge is 2.30. The summed E-state index contributed by atoms with van der Waals surface area (Å²) in [7, 11) is 1.07. The number of benzene rings is 1. The van der Waals surface area contributed by atoms with E-state index in [4.69, 9.17) is 16.7 Å². The Labute approximate surface area is 108 Å². The van der Waals surface area contributed by atoms with Gasteiger partial charge in [-0.3, -0.25) is 14.4 Å². The molecule has 1 aromatic carbocycles. The van der Waals surface area contributed by atoms with Gasteiger partial charge in [0, 0.05) is 17.0 Å². The zero-order valence-electron chi connectivity index (χ0n) is 9.55. The van der Waals surface area contributed by atoms with Crippen molar-refractivity contribution in [3.63, 3.8) is 0 Å². The van der Waals surface area contributed by atoms with Gasteiger partial charge in [-0.25, -0.2) is 0 Å². The van der Waals surface area contributed by atoms with Gasteiger partial charge in [-0.05, 0) is 24.3 Å². The quantitative estimate of drug-likeness (QED) is 0.501. The fraction of sp³-hybridized carbons (Fsp3) is 0.250. The van der Waals surface area contributed by atoms with Crippen molar-refractivity contribution in [1.82, 2.24) is 0 Å². The minimum atomic E-state index is -1.49. The number of hydrogen-bond donors (Lipinski definition) is 1. The van der Waals surface area contributed by atoms with Gasteiger partial charge < -0.3 is 9.84 Å². The third-order valence-electron chi connectivity index (χ3n) is 2.34. The number of carbonyl (C=O) groups excluding carboxylic acids is 2. The highest BCUT2D eigenvalue weighted by atomic mass is 35.5. The second kappa shape index (κ2) is 6.16. The van der Waals surface area contributed by atoms with Crippen LogP contribution in [0.2, 0.25) is 5.02 Å². The van der Waals surface area contributed by atoms with Gasteiger partial charge in [-0.1, -0.05) is 11.6 Å². The zero-order valence-corrected chi connectivity index (χ0v) is 10.3. The number of ketones is 1. The Bertz CT molecular complexity index is 466. The molecule has 0 spiro atoms. The zero-order chi connectivity index (χ0) is 13.7. The van der Waals surface area contributed by atoms with Crippen molar-refractivity contribution in [2.24, 2.45) is 5.92 Å². The lowest BCUT2D eigenvalue weighted by Crippen LogP contribution is -2.27. The minimum absolute atomic E-state index is 0.301. The van der Waals surface area contributed by atoms with Gasteiger partial charge >= 0.3 is 11.9 Å². The standard InChI is InChI=1S/C12H11ClO5/c1-18-12(17)9(11(15)16)6-10(14)7-2-4-8(13)5-3-7/h2-5,9H,6H2,1H3,(H,15,16). The Morgan fingerprint density at radius 1 is 1.28 bits per heavy atom. The summed E-state index contributed by atoms with van der Waals surface area (Å²) in [5.41, 5.74) is 0.301. The summed E-state index contributed by atoms with van der Waals surface area (Å²) in [5, 5.41) is 9.31. The molecular formula is C12H11ClO5. The molecule has 1 unspecified atom stereocenters. The average Bonchev–Trinajstić information content (AvgIpc) is 2.35. The monoisotopic (exact) mass is 270 g/mol. The highest BCUT2D eigenvalue weighted by molar-refractivity contribution is 6.30. The number of esters is 1. The van der Waals surface area contributed by atoms with Gasteiger partial charge in [-0.2, -0.15) is 0 Å². The summed E-state index contributed by atoms with van der Waals surface area (Å²) < 4.78 is 4.34. The number of ether oxygens (including phenoxy) is 1. The first-order valence-corrected chi connectivity index (χ1v) is 5.43. The molecule has 1 N–H and O–H groups in total. The molecule has 0 aliphatic carbocycles. The first kappa shape index (κ1) is 14.2. The fourth-order valence-electron chi connectivity index (χ4n) is 1.35. The van der Waals surface area contributed by atoms with E-state index in [-0.39, 0.29) is 0 Å². The number of aliphatic carboxylic acids is 1. The number of Topliss-reactive ketones (excluding diaryl/α,β-unsaturated/α-hetero) is 1. The molecule has 96 valence electrons. The number of hydrogen-bond acceptors (Lipinski definition) is 4. The molecule has 0 saturated heterocycles. The predicted octanol–water partition coefficient (Wildman–Crippen LogP) is 1.79. The van der Waals surface area contributed by atoms with E-state index in [0.717, 1.165) is 7.11 Å². The molecule has 5 nitrogen and oxygen atoms in total. The fourth-order valence-corrected chi connectivity index (χ4v) is 1.48. The maximum Gasteiger partial charge on any atom is 0.320 e. The maximum atomic E-state index is 11.8. The van der Waals surface area contributed by atoms with Crippen molar-refractivity contribution in [3.05, 3.63) is 34.9 Å². The van der Waals surface area contributed by atoms with Crippen LogP contribution in [0.4, 0.5) is 0 Å². The minimum Gasteiger partial charge on any atom is -0.481 e. The topological polar surface area (TPSA) is 80.7 Å². The molecule has 0 aromatic heterocycles. The molecule has 0 heterocycles. The summed E-state index contributed by atoms with van der Waals surface area (Å²) in [6, 6.07) is 5.98. The molecule has 0 radical (unpaired) electrons. The molecule has 0 bridgehead atoms. The largest absolute Gasteiger partial charge is 0.481 e. The molecule has 18 heavy (non-hydrogen) atoms. The van der Waals surface area contributed by atoms with E-state index in [1.165, 1.54) is 24.3 Å². The number of carbonyl (C=O) groups is 3. The van der Waals surface area contributed by atoms with Crippen molar-refractivity contribution in [1.29, 1.82) is 0 Å². The van der Waals surface area contributed by atoms with Gasteiger partial charge in [0.25, 0.3) is 0 Å². The van der Waals surface area contributed by atoms with Gasteiger partial charge in [0.15, 0.2) is 11.7 Å². The lowest BCUT2D eigenvalue weighted by atomic mass is 9.98. The Balaban J connectivity index is 2.82. The highest BCUT2D eigenvalue weighted by Crippen LogP contribution is 2.15. The average molecular weight is 271 g/mol. The summed E-state index contributed by atoms with van der Waals surface area (Å²) in [6.45, 7) is 0. The van der Waals surface area contributed by atoms with Crippen LogP contribution in [0.15, 0.2) is 24.3 Å². The molecule has 0 fully saturated rings. The predicted molar refractivity (Wildman–Crippen MR) is 63.5 cm³/mol. The van der Waals surface area contributed by atoms with Crippen LogP contribution in [0.5, 0.6) is 0 Å². The summed E-state index contributed by atoms with van der Waals surface area (Å²) in [6.07, 6.45) is -0.441. The number of methoxy groups -OCH3 is 1.